The first-order valence-corrected chi connectivity index (χ1v) is 15.0. The van der Waals surface area contributed by atoms with Gasteiger partial charge in [0.15, 0.2) is 10.9 Å². The summed E-state index contributed by atoms with van der Waals surface area (Å²) >= 11 is 1.55. The topological polar surface area (TPSA) is 93.9 Å². The van der Waals surface area contributed by atoms with Crippen LogP contribution in [-0.4, -0.2) is 99.0 Å². The number of amides is 1. The fourth-order valence-electron chi connectivity index (χ4n) is 5.47. The fraction of sp³-hybridized carbons (Fsp3) is 0.448. The molecule has 0 spiro atoms. The lowest BCUT2D eigenvalue weighted by molar-refractivity contribution is -0.142. The number of aliphatic hydroxyl groups excluding tert-OH is 1. The molecule has 2 aliphatic rings. The second-order valence-electron chi connectivity index (χ2n) is 10.6. The van der Waals surface area contributed by atoms with Crippen LogP contribution in [0.2, 0.25) is 0 Å². The molecule has 0 aliphatic carbocycles. The Hall–Kier alpha value is -3.61. The first-order chi connectivity index (χ1) is 19.8. The van der Waals surface area contributed by atoms with Gasteiger partial charge in [-0.25, -0.2) is 19.0 Å². The number of aromatic nitrogens is 4. The van der Waals surface area contributed by atoms with Gasteiger partial charge in [-0.3, -0.25) is 9.69 Å². The summed E-state index contributed by atoms with van der Waals surface area (Å²) in [5.74, 6) is 1.64. The summed E-state index contributed by atoms with van der Waals surface area (Å²) in [6.07, 6.45) is -0.377. The minimum absolute atomic E-state index is 0.0835. The van der Waals surface area contributed by atoms with E-state index in [-0.39, 0.29) is 17.8 Å². The van der Waals surface area contributed by atoms with E-state index in [4.69, 9.17) is 15.1 Å². The Bertz CT molecular complexity index is 1540. The Morgan fingerprint density at radius 1 is 1.10 bits per heavy atom. The molecule has 216 valence electrons. The molecular weight excluding hydrogens is 543 g/mol. The van der Waals surface area contributed by atoms with E-state index in [1.165, 1.54) is 12.1 Å². The van der Waals surface area contributed by atoms with Crippen LogP contribution in [0, 0.1) is 12.7 Å². The number of nitrogens with zero attached hydrogens (tertiary/aromatic N) is 8. The van der Waals surface area contributed by atoms with Crippen molar-refractivity contribution in [1.82, 2.24) is 29.5 Å². The molecule has 6 rings (SSSR count). The molecule has 0 saturated carbocycles. The van der Waals surface area contributed by atoms with Gasteiger partial charge < -0.3 is 19.8 Å². The number of rotatable bonds is 8. The number of aliphatic hydroxyl groups is 1. The molecular formula is C29H35FN8O2S. The van der Waals surface area contributed by atoms with Crippen molar-refractivity contribution in [3.05, 3.63) is 47.1 Å². The van der Waals surface area contributed by atoms with Crippen molar-refractivity contribution in [1.29, 1.82) is 0 Å². The highest BCUT2D eigenvalue weighted by Crippen LogP contribution is 2.37. The van der Waals surface area contributed by atoms with E-state index in [1.807, 2.05) is 10.1 Å². The van der Waals surface area contributed by atoms with Crippen LogP contribution in [0.5, 0.6) is 0 Å². The first kappa shape index (κ1) is 27.6. The maximum absolute atomic E-state index is 13.5. The largest absolute Gasteiger partial charge is 0.389 e. The monoisotopic (exact) mass is 578 g/mol. The Kier molecular flexibility index (Phi) is 7.62. The molecule has 12 heteroatoms. The van der Waals surface area contributed by atoms with Gasteiger partial charge in [-0.15, -0.1) is 11.3 Å². The number of fused-ring (bicyclic) bond motifs is 1. The number of benzene rings is 1. The van der Waals surface area contributed by atoms with Crippen LogP contribution < -0.4 is 9.80 Å². The van der Waals surface area contributed by atoms with E-state index in [0.717, 1.165) is 70.8 Å². The third-order valence-electron chi connectivity index (χ3n) is 7.85. The number of aryl methyl sites for hydroxylation is 2. The summed E-state index contributed by atoms with van der Waals surface area (Å²) in [7, 11) is 0. The first-order valence-electron chi connectivity index (χ1n) is 14.1. The number of anilines is 3. The minimum atomic E-state index is -0.377. The maximum atomic E-state index is 13.5. The number of β-amino-alcohol motifs (C(OH)–C–C–N with tert-alkyl or cyclic N) is 1. The summed E-state index contributed by atoms with van der Waals surface area (Å²) in [6, 6.07) is 8.51. The van der Waals surface area contributed by atoms with Gasteiger partial charge >= 0.3 is 0 Å². The van der Waals surface area contributed by atoms with E-state index >= 15 is 0 Å². The molecule has 0 bridgehead atoms. The molecule has 2 aliphatic heterocycles. The van der Waals surface area contributed by atoms with Crippen molar-refractivity contribution >= 4 is 45.0 Å². The van der Waals surface area contributed by atoms with Crippen LogP contribution in [0.25, 0.3) is 22.3 Å². The summed E-state index contributed by atoms with van der Waals surface area (Å²) < 4.78 is 15.5. The summed E-state index contributed by atoms with van der Waals surface area (Å²) in [4.78, 5) is 30.9. The molecule has 10 nitrogen and oxygen atoms in total. The molecule has 41 heavy (non-hydrogen) atoms. The van der Waals surface area contributed by atoms with Gasteiger partial charge in [0.1, 0.15) is 22.7 Å². The van der Waals surface area contributed by atoms with Crippen LogP contribution in [0.1, 0.15) is 19.4 Å². The molecule has 0 atom stereocenters. The maximum Gasteiger partial charge on any atom is 0.236 e. The lowest BCUT2D eigenvalue weighted by atomic mass is 10.1. The molecule has 1 N–H and O–H groups in total. The number of hydrogen-bond acceptors (Lipinski definition) is 9. The Morgan fingerprint density at radius 3 is 2.49 bits per heavy atom. The van der Waals surface area contributed by atoms with Crippen LogP contribution in [-0.2, 0) is 11.3 Å². The molecule has 1 aromatic carbocycles. The van der Waals surface area contributed by atoms with Gasteiger partial charge in [0.05, 0.1) is 18.3 Å². The van der Waals surface area contributed by atoms with Crippen LogP contribution in [0.15, 0.2) is 35.7 Å². The zero-order valence-corrected chi connectivity index (χ0v) is 24.4. The normalized spacial score (nSPS) is 16.4. The summed E-state index contributed by atoms with van der Waals surface area (Å²) in [5.41, 5.74) is 4.46. The number of likely N-dealkylation sites (tertiary alicyclic amines) is 1. The van der Waals surface area contributed by atoms with Gasteiger partial charge in [-0.2, -0.15) is 5.10 Å². The predicted molar refractivity (Wildman–Crippen MR) is 159 cm³/mol. The highest BCUT2D eigenvalue weighted by molar-refractivity contribution is 7.14. The SMILES string of the molecule is CCN(c1nc(-c2ccc(F)cc2)cs1)c1c2nc(N3CCN(CC(=O)N4CC(O)C4)CC3)cc(C)c2nn1CC. The number of carbonyl (C=O) groups is 1. The second-order valence-corrected chi connectivity index (χ2v) is 11.5. The van der Waals surface area contributed by atoms with Gasteiger partial charge in [-0.05, 0) is 56.7 Å². The van der Waals surface area contributed by atoms with E-state index in [0.29, 0.717) is 32.7 Å². The zero-order valence-electron chi connectivity index (χ0n) is 23.6. The Balaban J connectivity index is 1.25. The summed E-state index contributed by atoms with van der Waals surface area (Å²) in [6.45, 7) is 12.0. The quantitative estimate of drug-likeness (QED) is 0.340. The lowest BCUT2D eigenvalue weighted by Crippen LogP contribution is -2.57. The van der Waals surface area contributed by atoms with Gasteiger partial charge in [0.25, 0.3) is 0 Å². The molecule has 3 aromatic heterocycles. The highest BCUT2D eigenvalue weighted by Gasteiger charge is 2.31. The highest BCUT2D eigenvalue weighted by atomic mass is 32.1. The molecule has 2 saturated heterocycles. The number of piperazine rings is 1. The molecule has 5 heterocycles. The molecule has 2 fully saturated rings. The average Bonchev–Trinajstić information content (AvgIpc) is 3.59. The Labute approximate surface area is 242 Å². The van der Waals surface area contributed by atoms with Crippen molar-refractivity contribution in [3.63, 3.8) is 0 Å². The van der Waals surface area contributed by atoms with Crippen molar-refractivity contribution in [2.75, 3.05) is 62.2 Å². The van der Waals surface area contributed by atoms with Gasteiger partial charge in [-0.1, -0.05) is 0 Å². The average molecular weight is 579 g/mol. The van der Waals surface area contributed by atoms with Crippen LogP contribution >= 0.6 is 11.3 Å². The predicted octanol–water partition coefficient (Wildman–Crippen LogP) is 3.51. The standard InChI is InChI=1S/C29H35FN8O2S/c1-4-37(29-31-23(18-41-29)20-6-8-21(30)9-7-20)28-27-26(33-38(28)5-2)19(3)14-24(32-27)35-12-10-34(11-13-35)17-25(40)36-15-22(39)16-36/h6-9,14,18,22,39H,4-5,10-13,15-17H2,1-3H3. The van der Waals surface area contributed by atoms with Crippen LogP contribution in [0.4, 0.5) is 21.2 Å². The van der Waals surface area contributed by atoms with E-state index < -0.39 is 0 Å². The number of hydrogen-bond donors (Lipinski definition) is 1. The van der Waals surface area contributed by atoms with Crippen molar-refractivity contribution in [2.45, 2.75) is 33.4 Å². The van der Waals surface area contributed by atoms with Crippen molar-refractivity contribution < 1.29 is 14.3 Å². The van der Waals surface area contributed by atoms with Crippen LogP contribution in [0.3, 0.4) is 0 Å². The third-order valence-corrected chi connectivity index (χ3v) is 8.71. The van der Waals surface area contributed by atoms with Crippen molar-refractivity contribution in [2.24, 2.45) is 0 Å². The van der Waals surface area contributed by atoms with Crippen molar-refractivity contribution in [3.8, 4) is 11.3 Å². The number of pyridine rings is 1. The van der Waals surface area contributed by atoms with Gasteiger partial charge in [0, 0.05) is 63.3 Å². The second kappa shape index (κ2) is 11.3. The zero-order chi connectivity index (χ0) is 28.7. The summed E-state index contributed by atoms with van der Waals surface area (Å²) in [5, 5.41) is 17.3. The number of carbonyl (C=O) groups excluding carboxylic acids is 1. The number of halogens is 1. The number of thiazole rings is 1. The lowest BCUT2D eigenvalue weighted by Gasteiger charge is -2.39. The fourth-order valence-corrected chi connectivity index (χ4v) is 6.37. The Morgan fingerprint density at radius 2 is 1.83 bits per heavy atom. The molecule has 4 aromatic rings. The molecule has 1 amide bonds. The van der Waals surface area contributed by atoms with E-state index in [1.54, 1.807) is 28.4 Å². The molecule has 0 radical (unpaired) electrons. The van der Waals surface area contributed by atoms with E-state index in [9.17, 15) is 14.3 Å². The molecule has 0 unspecified atom stereocenters. The van der Waals surface area contributed by atoms with E-state index in [2.05, 4.69) is 41.5 Å². The minimum Gasteiger partial charge on any atom is -0.389 e. The van der Waals surface area contributed by atoms with Gasteiger partial charge in [0.2, 0.25) is 5.91 Å². The third kappa shape index (κ3) is 5.39. The smallest absolute Gasteiger partial charge is 0.236 e.